The normalized spacial score (nSPS) is 15.9. The Hall–Kier alpha value is -0.500. The van der Waals surface area contributed by atoms with Crippen molar-refractivity contribution >= 4 is 0 Å². The fraction of sp³-hybridized carbons (Fsp3) is 0.818. The van der Waals surface area contributed by atoms with Gasteiger partial charge in [0, 0.05) is 17.7 Å². The Morgan fingerprint density at radius 1 is 1.46 bits per heavy atom. The highest BCUT2D eigenvalue weighted by Crippen LogP contribution is 2.21. The molecular formula is C11H24N2. The van der Waals surface area contributed by atoms with Crippen molar-refractivity contribution in [2.45, 2.75) is 34.6 Å². The molecule has 1 unspecified atom stereocenters. The van der Waals surface area contributed by atoms with E-state index in [1.165, 1.54) is 0 Å². The predicted molar refractivity (Wildman–Crippen MR) is 59.4 cm³/mol. The molecule has 0 aliphatic carbocycles. The van der Waals surface area contributed by atoms with Crippen molar-refractivity contribution in [2.24, 2.45) is 17.1 Å². The van der Waals surface area contributed by atoms with E-state index < -0.39 is 0 Å². The lowest BCUT2D eigenvalue weighted by atomic mass is 9.90. The van der Waals surface area contributed by atoms with Crippen LogP contribution in [0, 0.1) is 11.3 Å². The van der Waals surface area contributed by atoms with Gasteiger partial charge in [-0.3, -0.25) is 0 Å². The summed E-state index contributed by atoms with van der Waals surface area (Å²) < 4.78 is 0. The van der Waals surface area contributed by atoms with Gasteiger partial charge in [-0.1, -0.05) is 40.7 Å². The van der Waals surface area contributed by atoms with E-state index in [1.807, 2.05) is 0 Å². The van der Waals surface area contributed by atoms with Crippen molar-refractivity contribution in [3.05, 3.63) is 11.8 Å². The fourth-order valence-electron chi connectivity index (χ4n) is 0.987. The topological polar surface area (TPSA) is 38.0 Å². The summed E-state index contributed by atoms with van der Waals surface area (Å²) in [6.07, 6.45) is 2.16. The molecule has 0 heterocycles. The van der Waals surface area contributed by atoms with Crippen LogP contribution < -0.4 is 11.1 Å². The van der Waals surface area contributed by atoms with Gasteiger partial charge in [0.05, 0.1) is 0 Å². The molecule has 13 heavy (non-hydrogen) atoms. The van der Waals surface area contributed by atoms with Crippen LogP contribution in [-0.4, -0.2) is 13.1 Å². The molecule has 0 aliphatic heterocycles. The summed E-state index contributed by atoms with van der Waals surface area (Å²) in [5.41, 5.74) is 7.04. The third-order valence-corrected chi connectivity index (χ3v) is 2.05. The molecule has 0 aromatic carbocycles. The van der Waals surface area contributed by atoms with Gasteiger partial charge in [-0.2, -0.15) is 0 Å². The lowest BCUT2D eigenvalue weighted by Crippen LogP contribution is -2.23. The summed E-state index contributed by atoms with van der Waals surface area (Å²) in [5, 5.41) is 3.30. The standard InChI is InChI=1S/C11H24N2/c1-6-13-8-9(2)7-10(12)11(3,4)5/h7,9,13H,6,8,12H2,1-5H3/b10-7-. The highest BCUT2D eigenvalue weighted by Gasteiger charge is 2.14. The molecule has 0 fully saturated rings. The Morgan fingerprint density at radius 3 is 2.38 bits per heavy atom. The van der Waals surface area contributed by atoms with Crippen LogP contribution in [0.15, 0.2) is 11.8 Å². The zero-order valence-corrected chi connectivity index (χ0v) is 9.65. The molecule has 0 saturated heterocycles. The van der Waals surface area contributed by atoms with Gasteiger partial charge in [0.1, 0.15) is 0 Å². The first-order valence-electron chi connectivity index (χ1n) is 5.06. The number of hydrogen-bond donors (Lipinski definition) is 2. The van der Waals surface area contributed by atoms with Crippen molar-refractivity contribution in [1.82, 2.24) is 5.32 Å². The zero-order valence-electron chi connectivity index (χ0n) is 9.65. The molecule has 0 rings (SSSR count). The van der Waals surface area contributed by atoms with E-state index in [2.05, 4.69) is 46.0 Å². The molecular weight excluding hydrogens is 160 g/mol. The molecule has 3 N–H and O–H groups in total. The Morgan fingerprint density at radius 2 is 2.00 bits per heavy atom. The summed E-state index contributed by atoms with van der Waals surface area (Å²) in [6.45, 7) is 12.7. The van der Waals surface area contributed by atoms with Crippen LogP contribution in [0.4, 0.5) is 0 Å². The molecule has 0 spiro atoms. The summed E-state index contributed by atoms with van der Waals surface area (Å²) in [6, 6.07) is 0. The molecule has 78 valence electrons. The second-order valence-electron chi connectivity index (χ2n) is 4.66. The highest BCUT2D eigenvalue weighted by atomic mass is 14.8. The number of nitrogens with two attached hydrogens (primary N) is 1. The smallest absolute Gasteiger partial charge is 0.00977 e. The van der Waals surface area contributed by atoms with Crippen molar-refractivity contribution in [1.29, 1.82) is 0 Å². The maximum atomic E-state index is 5.96. The number of hydrogen-bond acceptors (Lipinski definition) is 2. The quantitative estimate of drug-likeness (QED) is 0.702. The van der Waals surface area contributed by atoms with Gasteiger partial charge in [-0.15, -0.1) is 0 Å². The van der Waals surface area contributed by atoms with Crippen molar-refractivity contribution in [3.8, 4) is 0 Å². The second kappa shape index (κ2) is 5.28. The fourth-order valence-corrected chi connectivity index (χ4v) is 0.987. The van der Waals surface area contributed by atoms with Gasteiger partial charge in [-0.05, 0) is 12.5 Å². The van der Waals surface area contributed by atoms with E-state index in [0.717, 1.165) is 18.8 Å². The van der Waals surface area contributed by atoms with Crippen LogP contribution >= 0.6 is 0 Å². The maximum Gasteiger partial charge on any atom is 0.00977 e. The van der Waals surface area contributed by atoms with E-state index >= 15 is 0 Å². The average molecular weight is 184 g/mol. The number of nitrogens with one attached hydrogen (secondary N) is 1. The lowest BCUT2D eigenvalue weighted by Gasteiger charge is -2.20. The Balaban J connectivity index is 4.06. The van der Waals surface area contributed by atoms with Crippen molar-refractivity contribution in [2.75, 3.05) is 13.1 Å². The molecule has 0 aromatic heterocycles. The molecule has 0 aliphatic rings. The minimum atomic E-state index is 0.0977. The van der Waals surface area contributed by atoms with E-state index in [9.17, 15) is 0 Å². The first-order valence-corrected chi connectivity index (χ1v) is 5.06. The average Bonchev–Trinajstić information content (AvgIpc) is 1.99. The third kappa shape index (κ3) is 5.69. The Kier molecular flexibility index (Phi) is 5.07. The van der Waals surface area contributed by atoms with E-state index in [4.69, 9.17) is 5.73 Å². The van der Waals surface area contributed by atoms with Crippen LogP contribution in [0.1, 0.15) is 34.6 Å². The van der Waals surface area contributed by atoms with Gasteiger partial charge >= 0.3 is 0 Å². The van der Waals surface area contributed by atoms with Gasteiger partial charge in [0.2, 0.25) is 0 Å². The molecule has 0 bridgehead atoms. The third-order valence-electron chi connectivity index (χ3n) is 2.05. The van der Waals surface area contributed by atoms with Gasteiger partial charge in [0.25, 0.3) is 0 Å². The van der Waals surface area contributed by atoms with Crippen molar-refractivity contribution in [3.63, 3.8) is 0 Å². The lowest BCUT2D eigenvalue weighted by molar-refractivity contribution is 0.486. The highest BCUT2D eigenvalue weighted by molar-refractivity contribution is 5.07. The first-order chi connectivity index (χ1) is 5.88. The van der Waals surface area contributed by atoms with Crippen LogP contribution in [0.2, 0.25) is 0 Å². The van der Waals surface area contributed by atoms with Gasteiger partial charge in [-0.25, -0.2) is 0 Å². The Labute approximate surface area is 82.6 Å². The molecule has 2 heteroatoms. The monoisotopic (exact) mass is 184 g/mol. The number of allylic oxidation sites excluding steroid dienone is 1. The molecule has 0 amide bonds. The summed E-state index contributed by atoms with van der Waals surface area (Å²) >= 11 is 0. The van der Waals surface area contributed by atoms with Gasteiger partial charge < -0.3 is 11.1 Å². The van der Waals surface area contributed by atoms with Crippen LogP contribution in [0.3, 0.4) is 0 Å². The molecule has 2 nitrogen and oxygen atoms in total. The summed E-state index contributed by atoms with van der Waals surface area (Å²) in [7, 11) is 0. The van der Waals surface area contributed by atoms with E-state index in [0.29, 0.717) is 5.92 Å². The first kappa shape index (κ1) is 12.5. The zero-order chi connectivity index (χ0) is 10.5. The second-order valence-corrected chi connectivity index (χ2v) is 4.66. The Bertz CT molecular complexity index is 165. The van der Waals surface area contributed by atoms with Crippen LogP contribution in [0.25, 0.3) is 0 Å². The minimum Gasteiger partial charge on any atom is -0.402 e. The molecule has 0 aromatic rings. The largest absolute Gasteiger partial charge is 0.402 e. The minimum absolute atomic E-state index is 0.0977. The van der Waals surface area contributed by atoms with E-state index in [1.54, 1.807) is 0 Å². The van der Waals surface area contributed by atoms with Crippen LogP contribution in [0.5, 0.6) is 0 Å². The summed E-state index contributed by atoms with van der Waals surface area (Å²) in [5.74, 6) is 0.513. The maximum absolute atomic E-state index is 5.96. The SMILES string of the molecule is CCNCC(C)/C=C(\N)C(C)(C)C. The predicted octanol–water partition coefficient (Wildman–Crippen LogP) is 2.12. The van der Waals surface area contributed by atoms with Crippen molar-refractivity contribution < 1.29 is 0 Å². The summed E-state index contributed by atoms with van der Waals surface area (Å²) in [4.78, 5) is 0. The van der Waals surface area contributed by atoms with E-state index in [-0.39, 0.29) is 5.41 Å². The molecule has 1 atom stereocenters. The molecule has 0 radical (unpaired) electrons. The van der Waals surface area contributed by atoms with Crippen LogP contribution in [-0.2, 0) is 0 Å². The number of rotatable bonds is 4. The molecule has 0 saturated carbocycles. The van der Waals surface area contributed by atoms with Gasteiger partial charge in [0.15, 0.2) is 0 Å².